The molecule has 0 radical (unpaired) electrons. The lowest BCUT2D eigenvalue weighted by Gasteiger charge is -2.28. The summed E-state index contributed by atoms with van der Waals surface area (Å²) in [5.74, 6) is -0.0000391. The van der Waals surface area contributed by atoms with E-state index in [-0.39, 0.29) is 24.3 Å². The summed E-state index contributed by atoms with van der Waals surface area (Å²) in [6, 6.07) is 25.9. The van der Waals surface area contributed by atoms with Gasteiger partial charge in [0.25, 0.3) is 0 Å². The second kappa shape index (κ2) is 8.19. The molecule has 3 aromatic carbocycles. The summed E-state index contributed by atoms with van der Waals surface area (Å²) in [6.45, 7) is 0. The molecule has 0 unspecified atom stereocenters. The Labute approximate surface area is 169 Å². The molecule has 1 fully saturated rings. The van der Waals surface area contributed by atoms with Crippen molar-refractivity contribution in [3.05, 3.63) is 90.5 Å². The normalized spacial score (nSPS) is 18.5. The lowest BCUT2D eigenvalue weighted by atomic mass is 9.92. The molecule has 1 aliphatic heterocycles. The van der Waals surface area contributed by atoms with Gasteiger partial charge in [0, 0.05) is 17.8 Å². The highest BCUT2D eigenvalue weighted by molar-refractivity contribution is 6.04. The van der Waals surface area contributed by atoms with Crippen LogP contribution in [0.4, 0.5) is 11.4 Å². The molecule has 1 heterocycles. The van der Waals surface area contributed by atoms with Crippen LogP contribution in [-0.2, 0) is 9.59 Å². The molecular formula is C24H22N2O3. The number of methoxy groups -OCH3 is 1. The Bertz CT molecular complexity index is 988. The van der Waals surface area contributed by atoms with E-state index in [1.165, 1.54) is 0 Å². The average molecular weight is 386 g/mol. The molecule has 146 valence electrons. The molecular weight excluding hydrogens is 364 g/mol. The van der Waals surface area contributed by atoms with Gasteiger partial charge in [0.2, 0.25) is 11.8 Å². The molecule has 0 aliphatic carbocycles. The van der Waals surface area contributed by atoms with Gasteiger partial charge < -0.3 is 15.0 Å². The third kappa shape index (κ3) is 3.85. The Morgan fingerprint density at radius 2 is 1.55 bits per heavy atom. The Hall–Kier alpha value is -3.60. The number of rotatable bonds is 5. The van der Waals surface area contributed by atoms with Gasteiger partial charge in [-0.2, -0.15) is 0 Å². The van der Waals surface area contributed by atoms with Gasteiger partial charge in [-0.25, -0.2) is 0 Å². The number of amides is 2. The van der Waals surface area contributed by atoms with Crippen LogP contribution in [0.1, 0.15) is 18.0 Å². The van der Waals surface area contributed by atoms with Crippen molar-refractivity contribution in [2.75, 3.05) is 17.3 Å². The minimum atomic E-state index is -0.503. The van der Waals surface area contributed by atoms with Crippen molar-refractivity contribution in [3.63, 3.8) is 0 Å². The van der Waals surface area contributed by atoms with Crippen molar-refractivity contribution in [1.82, 2.24) is 0 Å². The molecule has 0 spiro atoms. The Morgan fingerprint density at radius 3 is 2.17 bits per heavy atom. The van der Waals surface area contributed by atoms with E-state index in [2.05, 4.69) is 5.32 Å². The van der Waals surface area contributed by atoms with E-state index in [1.54, 1.807) is 12.0 Å². The lowest BCUT2D eigenvalue weighted by Crippen LogP contribution is -2.32. The molecule has 5 nitrogen and oxygen atoms in total. The largest absolute Gasteiger partial charge is 0.497 e. The first kappa shape index (κ1) is 18.7. The maximum Gasteiger partial charge on any atom is 0.230 e. The Morgan fingerprint density at radius 1 is 0.931 bits per heavy atom. The lowest BCUT2D eigenvalue weighted by molar-refractivity contribution is -0.122. The number of para-hydroxylation sites is 2. The van der Waals surface area contributed by atoms with E-state index in [0.29, 0.717) is 0 Å². The number of anilines is 2. The van der Waals surface area contributed by atoms with Crippen LogP contribution in [0, 0.1) is 5.92 Å². The maximum atomic E-state index is 13.1. The van der Waals surface area contributed by atoms with Crippen molar-refractivity contribution >= 4 is 23.2 Å². The van der Waals surface area contributed by atoms with E-state index in [9.17, 15) is 9.59 Å². The van der Waals surface area contributed by atoms with E-state index >= 15 is 0 Å². The second-order valence-electron chi connectivity index (χ2n) is 6.98. The van der Waals surface area contributed by atoms with Crippen LogP contribution in [-0.4, -0.2) is 18.9 Å². The molecule has 2 amide bonds. The number of carbonyl (C=O) groups is 2. The molecule has 0 bridgehead atoms. The van der Waals surface area contributed by atoms with Gasteiger partial charge in [-0.05, 0) is 42.0 Å². The fourth-order valence-electron chi connectivity index (χ4n) is 3.80. The smallest absolute Gasteiger partial charge is 0.230 e. The summed E-state index contributed by atoms with van der Waals surface area (Å²) in [5, 5.41) is 2.96. The first-order valence-corrected chi connectivity index (χ1v) is 9.54. The minimum absolute atomic E-state index is 0.0646. The number of benzene rings is 3. The highest BCUT2D eigenvalue weighted by Gasteiger charge is 2.45. The molecule has 0 saturated carbocycles. The summed E-state index contributed by atoms with van der Waals surface area (Å²) in [6.07, 6.45) is 0.157. The summed E-state index contributed by atoms with van der Waals surface area (Å²) < 4.78 is 5.26. The maximum absolute atomic E-state index is 13.1. The summed E-state index contributed by atoms with van der Waals surface area (Å²) in [5.41, 5.74) is 2.40. The zero-order valence-electron chi connectivity index (χ0n) is 16.1. The Kier molecular flexibility index (Phi) is 5.29. The van der Waals surface area contributed by atoms with Crippen LogP contribution < -0.4 is 15.0 Å². The SMILES string of the molecule is COc1ccc([C@H]2[C@@H](C(=O)Nc3ccccc3)CC(=O)N2c2ccccc2)cc1. The van der Waals surface area contributed by atoms with Crippen molar-refractivity contribution in [3.8, 4) is 5.75 Å². The summed E-state index contributed by atoms with van der Waals surface area (Å²) >= 11 is 0. The van der Waals surface area contributed by atoms with Crippen molar-refractivity contribution in [2.45, 2.75) is 12.5 Å². The van der Waals surface area contributed by atoms with Crippen LogP contribution in [0.25, 0.3) is 0 Å². The van der Waals surface area contributed by atoms with Crippen molar-refractivity contribution in [2.24, 2.45) is 5.92 Å². The zero-order chi connectivity index (χ0) is 20.2. The van der Waals surface area contributed by atoms with Crippen LogP contribution in [0.15, 0.2) is 84.9 Å². The van der Waals surface area contributed by atoms with Crippen LogP contribution >= 0.6 is 0 Å². The first-order chi connectivity index (χ1) is 14.2. The quantitative estimate of drug-likeness (QED) is 0.706. The van der Waals surface area contributed by atoms with Crippen molar-refractivity contribution in [1.29, 1.82) is 0 Å². The van der Waals surface area contributed by atoms with Crippen LogP contribution in [0.5, 0.6) is 5.75 Å². The predicted molar refractivity (Wildman–Crippen MR) is 113 cm³/mol. The number of hydrogen-bond donors (Lipinski definition) is 1. The first-order valence-electron chi connectivity index (χ1n) is 9.54. The highest BCUT2D eigenvalue weighted by Crippen LogP contribution is 2.42. The number of carbonyl (C=O) groups excluding carboxylic acids is 2. The van der Waals surface area contributed by atoms with E-state index < -0.39 is 5.92 Å². The van der Waals surface area contributed by atoms with E-state index in [1.807, 2.05) is 84.9 Å². The third-order valence-electron chi connectivity index (χ3n) is 5.19. The highest BCUT2D eigenvalue weighted by atomic mass is 16.5. The zero-order valence-corrected chi connectivity index (χ0v) is 16.1. The van der Waals surface area contributed by atoms with Gasteiger partial charge in [0.15, 0.2) is 0 Å². The van der Waals surface area contributed by atoms with Crippen LogP contribution in [0.3, 0.4) is 0 Å². The number of hydrogen-bond acceptors (Lipinski definition) is 3. The monoisotopic (exact) mass is 386 g/mol. The minimum Gasteiger partial charge on any atom is -0.497 e. The topological polar surface area (TPSA) is 58.6 Å². The van der Waals surface area contributed by atoms with Gasteiger partial charge >= 0.3 is 0 Å². The fraction of sp³-hybridized carbons (Fsp3) is 0.167. The van der Waals surface area contributed by atoms with Gasteiger partial charge in [-0.15, -0.1) is 0 Å². The van der Waals surface area contributed by atoms with Crippen molar-refractivity contribution < 1.29 is 14.3 Å². The summed E-state index contributed by atoms with van der Waals surface area (Å²) in [7, 11) is 1.61. The molecule has 2 atom stereocenters. The van der Waals surface area contributed by atoms with Gasteiger partial charge in [-0.3, -0.25) is 9.59 Å². The van der Waals surface area contributed by atoms with Gasteiger partial charge in [0.05, 0.1) is 19.1 Å². The average Bonchev–Trinajstić information content (AvgIpc) is 3.12. The molecule has 5 heteroatoms. The number of ether oxygens (including phenoxy) is 1. The standard InChI is InChI=1S/C24H22N2O3/c1-29-20-14-12-17(13-15-20)23-21(24(28)25-18-8-4-2-5-9-18)16-22(27)26(23)19-10-6-3-7-11-19/h2-15,21,23H,16H2,1H3,(H,25,28)/t21-,23-/m0/s1. The van der Waals surface area contributed by atoms with Gasteiger partial charge in [0.1, 0.15) is 5.75 Å². The summed E-state index contributed by atoms with van der Waals surface area (Å²) in [4.78, 5) is 27.8. The van der Waals surface area contributed by atoms with Gasteiger partial charge in [-0.1, -0.05) is 48.5 Å². The molecule has 0 aromatic heterocycles. The fourth-order valence-corrected chi connectivity index (χ4v) is 3.80. The second-order valence-corrected chi connectivity index (χ2v) is 6.98. The molecule has 1 aliphatic rings. The predicted octanol–water partition coefficient (Wildman–Crippen LogP) is 4.43. The molecule has 3 aromatic rings. The molecule has 4 rings (SSSR count). The van der Waals surface area contributed by atoms with Crippen LogP contribution in [0.2, 0.25) is 0 Å². The number of nitrogens with zero attached hydrogens (tertiary/aromatic N) is 1. The Balaban J connectivity index is 1.71. The molecule has 29 heavy (non-hydrogen) atoms. The number of nitrogens with one attached hydrogen (secondary N) is 1. The third-order valence-corrected chi connectivity index (χ3v) is 5.19. The molecule has 1 saturated heterocycles. The van der Waals surface area contributed by atoms with E-state index in [4.69, 9.17) is 4.74 Å². The molecule has 1 N–H and O–H groups in total. The van der Waals surface area contributed by atoms with E-state index in [0.717, 1.165) is 22.7 Å².